The van der Waals surface area contributed by atoms with Crippen molar-refractivity contribution in [2.45, 2.75) is 31.3 Å². The van der Waals surface area contributed by atoms with E-state index in [1.54, 1.807) is 31.2 Å². The van der Waals surface area contributed by atoms with Gasteiger partial charge < -0.3 is 4.74 Å². The Morgan fingerprint density at radius 3 is 1.85 bits per heavy atom. The number of ether oxygens (including phenoxy) is 1. The summed E-state index contributed by atoms with van der Waals surface area (Å²) in [4.78, 5) is 0. The lowest BCUT2D eigenvalue weighted by Gasteiger charge is -2.09. The Balaban J connectivity index is 0.000000172. The Labute approximate surface area is 225 Å². The molecular weight excluding hydrogens is 614 g/mol. The summed E-state index contributed by atoms with van der Waals surface area (Å²) in [6.07, 6.45) is -2.53. The van der Waals surface area contributed by atoms with E-state index in [9.17, 15) is 29.5 Å². The van der Waals surface area contributed by atoms with Crippen LogP contribution in [-0.4, -0.2) is 92.8 Å². The van der Waals surface area contributed by atoms with Gasteiger partial charge in [-0.25, -0.2) is 29.3 Å². The summed E-state index contributed by atoms with van der Waals surface area (Å²) < 4.78 is 116. The third-order valence-electron chi connectivity index (χ3n) is 4.53. The first-order valence-corrected chi connectivity index (χ1v) is 16.2. The van der Waals surface area contributed by atoms with Gasteiger partial charge in [0, 0.05) is 5.87 Å². The number of para-hydroxylation sites is 1. The highest BCUT2D eigenvalue weighted by atomic mass is 32.3. The highest BCUT2D eigenvalue weighted by Crippen LogP contribution is 2.24. The molecule has 0 aromatic heterocycles. The van der Waals surface area contributed by atoms with Crippen LogP contribution in [0.2, 0.25) is 0 Å². The van der Waals surface area contributed by atoms with Crippen LogP contribution in [0.15, 0.2) is 24.3 Å². The first-order chi connectivity index (χ1) is 18.1. The molecule has 0 saturated carbocycles. The van der Waals surface area contributed by atoms with Crippen LogP contribution in [0, 0.1) is 11.3 Å². The molecule has 0 spiro atoms. The molecule has 4 heterocycles. The van der Waals surface area contributed by atoms with Crippen LogP contribution >= 0.6 is 0 Å². The normalized spacial score (nSPS) is 33.6. The highest BCUT2D eigenvalue weighted by Gasteiger charge is 2.41. The molecule has 0 bridgehead atoms. The standard InChI is InChI=1S/C10H9NO5S.C5H8O7S2.C3H6O4S/c11-5-8-3-1-2-4-10(8)14-6-9-7-15-17(12,13)16-9;1-13(6)9-2-4(11-13)5-3-10-14(7,8)12-5;1-3-2-6-8(4,5)7-3/h1-4,9H,6-7H2;4-5H,1-3H2;3H,2H2,1H3. The minimum absolute atomic E-state index is 0.0118. The number of nitrogens with zero attached hydrogens (tertiary/aromatic N) is 1. The van der Waals surface area contributed by atoms with E-state index in [0.717, 1.165) is 0 Å². The molecule has 21 heteroatoms. The molecule has 0 aliphatic carbocycles. The van der Waals surface area contributed by atoms with Crippen molar-refractivity contribution in [1.82, 2.24) is 0 Å². The molecule has 5 rings (SSSR count). The summed E-state index contributed by atoms with van der Waals surface area (Å²) in [5.74, 6) is 3.56. The fraction of sp³-hybridized carbons (Fsp3) is 0.556. The third kappa shape index (κ3) is 10.2. The van der Waals surface area contributed by atoms with Gasteiger partial charge in [0.2, 0.25) is 0 Å². The van der Waals surface area contributed by atoms with Crippen molar-refractivity contribution < 1.29 is 67.7 Å². The monoisotopic (exact) mass is 637 g/mol. The van der Waals surface area contributed by atoms with Crippen molar-refractivity contribution in [3.63, 3.8) is 0 Å². The molecule has 4 aliphatic heterocycles. The first kappa shape index (κ1) is 31.6. The Hall–Kier alpha value is -1.94. The van der Waals surface area contributed by atoms with Crippen LogP contribution in [-0.2, 0) is 74.7 Å². The number of hydrogen-bond acceptors (Lipinski definition) is 17. The van der Waals surface area contributed by atoms with E-state index in [2.05, 4.69) is 31.0 Å². The Morgan fingerprint density at radius 2 is 1.38 bits per heavy atom. The molecule has 4 aliphatic rings. The molecule has 4 fully saturated rings. The smallest absolute Gasteiger partial charge is 0.400 e. The van der Waals surface area contributed by atoms with Crippen LogP contribution in [0.4, 0.5) is 0 Å². The fourth-order valence-electron chi connectivity index (χ4n) is 2.87. The molecule has 5 atom stereocenters. The predicted molar refractivity (Wildman–Crippen MR) is 128 cm³/mol. The molecule has 220 valence electrons. The SMILES string of the molecule is C=S1(=O)OCC(C2COS(=O)(=O)O2)O1.CC1COS(=O)(=O)O1.N#Cc1ccccc1OCC1COS(=O)(=O)O1. The second kappa shape index (κ2) is 12.7. The minimum Gasteiger partial charge on any atom is -0.489 e. The Morgan fingerprint density at radius 1 is 0.821 bits per heavy atom. The van der Waals surface area contributed by atoms with E-state index in [-0.39, 0.29) is 39.1 Å². The average molecular weight is 638 g/mol. The van der Waals surface area contributed by atoms with Gasteiger partial charge in [0.25, 0.3) is 0 Å². The maximum atomic E-state index is 11.1. The minimum atomic E-state index is -3.92. The number of hydrogen-bond donors (Lipinski definition) is 0. The van der Waals surface area contributed by atoms with Gasteiger partial charge in [-0.15, -0.1) is 0 Å². The van der Waals surface area contributed by atoms with Crippen LogP contribution < -0.4 is 4.74 Å². The molecule has 1 aromatic rings. The molecule has 4 saturated heterocycles. The van der Waals surface area contributed by atoms with Gasteiger partial charge in [0.1, 0.15) is 42.8 Å². The summed E-state index contributed by atoms with van der Waals surface area (Å²) in [6.45, 7) is 1.53. The van der Waals surface area contributed by atoms with Crippen LogP contribution in [0.1, 0.15) is 12.5 Å². The van der Waals surface area contributed by atoms with Gasteiger partial charge in [-0.3, -0.25) is 8.37 Å². The van der Waals surface area contributed by atoms with Crippen molar-refractivity contribution in [1.29, 1.82) is 5.26 Å². The van der Waals surface area contributed by atoms with Crippen LogP contribution in [0.25, 0.3) is 0 Å². The molecule has 17 nitrogen and oxygen atoms in total. The van der Waals surface area contributed by atoms with Gasteiger partial charge in [-0.1, -0.05) is 12.1 Å². The zero-order valence-corrected chi connectivity index (χ0v) is 23.2. The number of benzene rings is 1. The predicted octanol–water partition coefficient (Wildman–Crippen LogP) is -1.13. The van der Waals surface area contributed by atoms with Gasteiger partial charge in [-0.05, 0) is 19.1 Å². The van der Waals surface area contributed by atoms with Gasteiger partial charge in [0.15, 0.2) is 10.1 Å². The lowest BCUT2D eigenvalue weighted by molar-refractivity contribution is 0.0861. The van der Waals surface area contributed by atoms with E-state index in [1.807, 2.05) is 6.07 Å². The van der Waals surface area contributed by atoms with Gasteiger partial charge >= 0.3 is 31.2 Å². The van der Waals surface area contributed by atoms with Crippen LogP contribution in [0.5, 0.6) is 5.75 Å². The van der Waals surface area contributed by atoms with Gasteiger partial charge in [-0.2, -0.15) is 30.5 Å². The van der Waals surface area contributed by atoms with E-state index in [0.29, 0.717) is 11.3 Å². The van der Waals surface area contributed by atoms with Crippen molar-refractivity contribution in [2.24, 2.45) is 0 Å². The summed E-state index contributed by atoms with van der Waals surface area (Å²) in [7, 11) is -14.4. The summed E-state index contributed by atoms with van der Waals surface area (Å²) >= 11 is 0. The zero-order valence-electron chi connectivity index (χ0n) is 20.0. The highest BCUT2D eigenvalue weighted by molar-refractivity contribution is 7.91. The van der Waals surface area contributed by atoms with Crippen molar-refractivity contribution >= 4 is 47.2 Å². The average Bonchev–Trinajstić information content (AvgIpc) is 3.58. The van der Waals surface area contributed by atoms with Crippen molar-refractivity contribution in [3.05, 3.63) is 29.8 Å². The second-order valence-corrected chi connectivity index (χ2v) is 13.0. The largest absolute Gasteiger partial charge is 0.489 e. The van der Waals surface area contributed by atoms with Crippen molar-refractivity contribution in [2.75, 3.05) is 33.0 Å². The third-order valence-corrected chi connectivity index (χ3v) is 8.39. The second-order valence-electron chi connectivity index (χ2n) is 7.73. The number of rotatable bonds is 4. The van der Waals surface area contributed by atoms with Crippen LogP contribution in [0.3, 0.4) is 0 Å². The maximum absolute atomic E-state index is 11.1. The zero-order chi connectivity index (χ0) is 28.9. The molecule has 1 aromatic carbocycles. The summed E-state index contributed by atoms with van der Waals surface area (Å²) in [5.41, 5.74) is 0.384. The van der Waals surface area contributed by atoms with E-state index in [4.69, 9.17) is 18.4 Å². The molecule has 0 N–H and O–H groups in total. The summed E-state index contributed by atoms with van der Waals surface area (Å²) in [6, 6.07) is 8.64. The molecule has 0 amide bonds. The maximum Gasteiger partial charge on any atom is 0.400 e. The quantitative estimate of drug-likeness (QED) is 0.356. The Kier molecular flexibility index (Phi) is 10.3. The fourth-order valence-corrected chi connectivity index (χ4v) is 6.35. The number of nitriles is 1. The lowest BCUT2D eigenvalue weighted by atomic mass is 10.2. The van der Waals surface area contributed by atoms with Crippen molar-refractivity contribution in [3.8, 4) is 11.8 Å². The molecule has 0 radical (unpaired) electrons. The Bertz CT molecular complexity index is 1440. The summed E-state index contributed by atoms with van der Waals surface area (Å²) in [5, 5.41) is 8.81. The van der Waals surface area contributed by atoms with Gasteiger partial charge in [0.05, 0.1) is 32.0 Å². The van der Waals surface area contributed by atoms with E-state index >= 15 is 0 Å². The lowest BCUT2D eigenvalue weighted by Crippen LogP contribution is -2.30. The van der Waals surface area contributed by atoms with E-state index < -0.39 is 59.6 Å². The van der Waals surface area contributed by atoms with E-state index in [1.165, 1.54) is 0 Å². The molecule has 5 unspecified atom stereocenters. The molecule has 39 heavy (non-hydrogen) atoms. The topological polar surface area (TPSA) is 226 Å². The first-order valence-electron chi connectivity index (χ1n) is 10.6. The molecular formula is C18H23NO16S4.